The lowest BCUT2D eigenvalue weighted by Crippen LogP contribution is -1.75. The van der Waals surface area contributed by atoms with Gasteiger partial charge in [0.05, 0.1) is 0 Å². The largest absolute Gasteiger partial charge is 0.0843 e. The summed E-state index contributed by atoms with van der Waals surface area (Å²) < 4.78 is 0. The van der Waals surface area contributed by atoms with Gasteiger partial charge in [0.1, 0.15) is 0 Å². The minimum Gasteiger partial charge on any atom is -0.0843 e. The third-order valence-corrected chi connectivity index (χ3v) is 2.69. The van der Waals surface area contributed by atoms with Crippen molar-refractivity contribution < 1.29 is 0 Å². The van der Waals surface area contributed by atoms with Crippen LogP contribution in [0.25, 0.3) is 6.08 Å². The third-order valence-electron chi connectivity index (χ3n) is 2.13. The molecule has 1 aliphatic rings. The van der Waals surface area contributed by atoms with Crippen LogP contribution in [-0.4, -0.2) is 0 Å². The van der Waals surface area contributed by atoms with E-state index >= 15 is 0 Å². The zero-order valence-electron chi connectivity index (χ0n) is 7.13. The first-order valence-electron chi connectivity index (χ1n) is 4.39. The summed E-state index contributed by atoms with van der Waals surface area (Å²) in [4.78, 5) is 0. The number of rotatable bonds is 2. The van der Waals surface area contributed by atoms with Gasteiger partial charge >= 0.3 is 0 Å². The summed E-state index contributed by atoms with van der Waals surface area (Å²) in [7, 11) is 0. The number of halogens is 2. The van der Waals surface area contributed by atoms with E-state index in [-0.39, 0.29) is 0 Å². The van der Waals surface area contributed by atoms with E-state index in [1.807, 2.05) is 12.1 Å². The van der Waals surface area contributed by atoms with Crippen molar-refractivity contribution in [3.8, 4) is 0 Å². The van der Waals surface area contributed by atoms with E-state index in [2.05, 4.69) is 12.2 Å². The van der Waals surface area contributed by atoms with Gasteiger partial charge in [0, 0.05) is 10.0 Å². The van der Waals surface area contributed by atoms with Gasteiger partial charge in [0.15, 0.2) is 0 Å². The maximum absolute atomic E-state index is 6.00. The summed E-state index contributed by atoms with van der Waals surface area (Å²) in [6.45, 7) is 0. The summed E-state index contributed by atoms with van der Waals surface area (Å²) in [6.07, 6.45) is 6.94. The maximum Gasteiger partial charge on any atom is 0.0493 e. The van der Waals surface area contributed by atoms with Crippen molar-refractivity contribution in [2.45, 2.75) is 12.8 Å². The summed E-state index contributed by atoms with van der Waals surface area (Å²) in [5.41, 5.74) is 1.05. The molecule has 0 N–H and O–H groups in total. The van der Waals surface area contributed by atoms with Crippen LogP contribution in [0.2, 0.25) is 10.0 Å². The average Bonchev–Trinajstić information content (AvgIpc) is 2.86. The SMILES string of the molecule is Clc1ccc(C=CC2CC2)c(Cl)c1. The van der Waals surface area contributed by atoms with Gasteiger partial charge in [-0.2, -0.15) is 0 Å². The van der Waals surface area contributed by atoms with Crippen molar-refractivity contribution in [3.05, 3.63) is 39.9 Å². The molecule has 0 aromatic heterocycles. The van der Waals surface area contributed by atoms with Crippen LogP contribution >= 0.6 is 23.2 Å². The Hall–Kier alpha value is -0.460. The molecule has 0 saturated heterocycles. The molecule has 2 heteroatoms. The van der Waals surface area contributed by atoms with Crippen LogP contribution in [0.1, 0.15) is 18.4 Å². The fourth-order valence-electron chi connectivity index (χ4n) is 1.17. The standard InChI is InChI=1S/C11H10Cl2/c12-10-6-5-9(11(13)7-10)4-3-8-1-2-8/h3-8H,1-2H2. The molecule has 0 aliphatic heterocycles. The molecule has 0 nitrogen and oxygen atoms in total. The van der Waals surface area contributed by atoms with Crippen molar-refractivity contribution >= 4 is 29.3 Å². The summed E-state index contributed by atoms with van der Waals surface area (Å²) >= 11 is 11.8. The molecule has 1 aliphatic carbocycles. The molecule has 0 bridgehead atoms. The Bertz CT molecular complexity index is 338. The molecule has 68 valence electrons. The Morgan fingerprint density at radius 1 is 1.23 bits per heavy atom. The molecule has 0 radical (unpaired) electrons. The predicted octanol–water partition coefficient (Wildman–Crippen LogP) is 4.42. The van der Waals surface area contributed by atoms with Crippen molar-refractivity contribution in [2.24, 2.45) is 5.92 Å². The Morgan fingerprint density at radius 3 is 2.62 bits per heavy atom. The second-order valence-corrected chi connectivity index (χ2v) is 4.21. The van der Waals surface area contributed by atoms with Gasteiger partial charge in [0.2, 0.25) is 0 Å². The number of allylic oxidation sites excluding steroid dienone is 1. The van der Waals surface area contributed by atoms with Gasteiger partial charge < -0.3 is 0 Å². The molecule has 1 fully saturated rings. The molecular formula is C11H10Cl2. The fourth-order valence-corrected chi connectivity index (χ4v) is 1.64. The lowest BCUT2D eigenvalue weighted by Gasteiger charge is -1.97. The number of hydrogen-bond donors (Lipinski definition) is 0. The molecule has 1 saturated carbocycles. The summed E-state index contributed by atoms with van der Waals surface area (Å²) in [6, 6.07) is 5.58. The van der Waals surface area contributed by atoms with E-state index in [0.29, 0.717) is 5.02 Å². The first-order chi connectivity index (χ1) is 6.25. The highest BCUT2D eigenvalue weighted by Crippen LogP contribution is 2.31. The highest BCUT2D eigenvalue weighted by atomic mass is 35.5. The lowest BCUT2D eigenvalue weighted by molar-refractivity contribution is 1.13. The first kappa shape index (κ1) is 9.11. The Kier molecular flexibility index (Phi) is 2.61. The van der Waals surface area contributed by atoms with Gasteiger partial charge in [-0.25, -0.2) is 0 Å². The monoisotopic (exact) mass is 212 g/mol. The Labute approximate surface area is 88.2 Å². The van der Waals surface area contributed by atoms with E-state index < -0.39 is 0 Å². The molecule has 0 atom stereocenters. The second kappa shape index (κ2) is 3.73. The van der Waals surface area contributed by atoms with E-state index in [1.54, 1.807) is 6.07 Å². The van der Waals surface area contributed by atoms with Crippen LogP contribution in [0.15, 0.2) is 24.3 Å². The maximum atomic E-state index is 6.00. The quantitative estimate of drug-likeness (QED) is 0.682. The van der Waals surface area contributed by atoms with Gasteiger partial charge in [-0.05, 0) is 36.5 Å². The van der Waals surface area contributed by atoms with Gasteiger partial charge in [0.25, 0.3) is 0 Å². The van der Waals surface area contributed by atoms with Crippen LogP contribution in [0.4, 0.5) is 0 Å². The van der Waals surface area contributed by atoms with Crippen molar-refractivity contribution in [1.29, 1.82) is 0 Å². The topological polar surface area (TPSA) is 0 Å². The molecule has 13 heavy (non-hydrogen) atoms. The summed E-state index contributed by atoms with van der Waals surface area (Å²) in [5, 5.41) is 1.41. The zero-order valence-corrected chi connectivity index (χ0v) is 8.65. The first-order valence-corrected chi connectivity index (χ1v) is 5.14. The minimum atomic E-state index is 0.688. The van der Waals surface area contributed by atoms with Crippen molar-refractivity contribution in [2.75, 3.05) is 0 Å². The van der Waals surface area contributed by atoms with Crippen LogP contribution in [0, 0.1) is 5.92 Å². The van der Waals surface area contributed by atoms with E-state index in [4.69, 9.17) is 23.2 Å². The second-order valence-electron chi connectivity index (χ2n) is 3.36. The van der Waals surface area contributed by atoms with Gasteiger partial charge in [-0.15, -0.1) is 0 Å². The molecule has 0 unspecified atom stereocenters. The smallest absolute Gasteiger partial charge is 0.0493 e. The molecule has 0 amide bonds. The number of hydrogen-bond acceptors (Lipinski definition) is 0. The van der Waals surface area contributed by atoms with E-state index in [1.165, 1.54) is 12.8 Å². The van der Waals surface area contributed by atoms with Crippen LogP contribution in [0.3, 0.4) is 0 Å². The normalized spacial score (nSPS) is 16.8. The Balaban J connectivity index is 2.19. The Morgan fingerprint density at radius 2 is 2.00 bits per heavy atom. The highest BCUT2D eigenvalue weighted by molar-refractivity contribution is 6.35. The zero-order chi connectivity index (χ0) is 9.26. The molecule has 1 aromatic rings. The molecular weight excluding hydrogens is 203 g/mol. The van der Waals surface area contributed by atoms with Gasteiger partial charge in [-0.1, -0.05) is 41.4 Å². The van der Waals surface area contributed by atoms with Gasteiger partial charge in [-0.3, -0.25) is 0 Å². The molecule has 0 heterocycles. The van der Waals surface area contributed by atoms with E-state index in [9.17, 15) is 0 Å². The molecule has 2 rings (SSSR count). The highest BCUT2D eigenvalue weighted by Gasteiger charge is 2.17. The van der Waals surface area contributed by atoms with Crippen molar-refractivity contribution in [1.82, 2.24) is 0 Å². The fraction of sp³-hybridized carbons (Fsp3) is 0.273. The predicted molar refractivity (Wildman–Crippen MR) is 58.2 cm³/mol. The molecule has 0 spiro atoms. The van der Waals surface area contributed by atoms with Crippen molar-refractivity contribution in [3.63, 3.8) is 0 Å². The van der Waals surface area contributed by atoms with Crippen LogP contribution in [-0.2, 0) is 0 Å². The summed E-state index contributed by atoms with van der Waals surface area (Å²) in [5.74, 6) is 0.784. The van der Waals surface area contributed by atoms with Crippen LogP contribution in [0.5, 0.6) is 0 Å². The molecule has 1 aromatic carbocycles. The lowest BCUT2D eigenvalue weighted by atomic mass is 10.2. The minimum absolute atomic E-state index is 0.688. The van der Waals surface area contributed by atoms with E-state index in [0.717, 1.165) is 16.5 Å². The van der Waals surface area contributed by atoms with Crippen LogP contribution < -0.4 is 0 Å². The third kappa shape index (κ3) is 2.49. The number of benzene rings is 1. The average molecular weight is 213 g/mol.